The third-order valence-corrected chi connectivity index (χ3v) is 3.10. The number of aryl methyl sites for hydroxylation is 2. The highest BCUT2D eigenvalue weighted by atomic mass is 16.1. The molecule has 0 spiro atoms. The van der Waals surface area contributed by atoms with Crippen LogP contribution in [0.1, 0.15) is 18.2 Å². The summed E-state index contributed by atoms with van der Waals surface area (Å²) in [5.74, 6) is 0.756. The van der Waals surface area contributed by atoms with Gasteiger partial charge < -0.3 is 16.0 Å². The molecule has 0 bridgehead atoms. The molecule has 0 aliphatic carbocycles. The van der Waals surface area contributed by atoms with Gasteiger partial charge >= 0.3 is 0 Å². The molecule has 1 aromatic heterocycles. The summed E-state index contributed by atoms with van der Waals surface area (Å²) in [4.78, 5) is 16.8. The number of anilines is 1. The van der Waals surface area contributed by atoms with Gasteiger partial charge in [-0.25, -0.2) is 4.98 Å². The van der Waals surface area contributed by atoms with E-state index in [9.17, 15) is 4.79 Å². The van der Waals surface area contributed by atoms with Crippen molar-refractivity contribution in [2.24, 2.45) is 5.73 Å². The minimum absolute atomic E-state index is 0.157. The number of aromatic nitrogens is 1. The number of hydrogen-bond donors (Lipinski definition) is 2. The quantitative estimate of drug-likeness (QED) is 0.809. The van der Waals surface area contributed by atoms with Crippen LogP contribution in [0.4, 0.5) is 5.82 Å². The average molecular weight is 258 g/mol. The molecule has 1 amide bonds. The Bertz CT molecular complexity index is 542. The molecule has 3 N–H and O–H groups in total. The number of nitrogens with zero attached hydrogens (tertiary/aromatic N) is 2. The lowest BCUT2D eigenvalue weighted by Gasteiger charge is -2.27. The highest BCUT2D eigenvalue weighted by Gasteiger charge is 2.19. The first kappa shape index (κ1) is 13.1. The first-order valence-electron chi connectivity index (χ1n) is 6.14. The van der Waals surface area contributed by atoms with Gasteiger partial charge in [0.25, 0.3) is 0 Å². The summed E-state index contributed by atoms with van der Waals surface area (Å²) in [5, 5.41) is 3.20. The molecule has 0 aromatic carbocycles. The highest BCUT2D eigenvalue weighted by Crippen LogP contribution is 2.19. The molecule has 19 heavy (non-hydrogen) atoms. The number of hydrogen-bond acceptors (Lipinski definition) is 4. The van der Waals surface area contributed by atoms with Crippen molar-refractivity contribution in [3.05, 3.63) is 47.1 Å². The fourth-order valence-electron chi connectivity index (χ4n) is 2.06. The Balaban J connectivity index is 2.26. The van der Waals surface area contributed by atoms with Crippen LogP contribution in [0.15, 0.2) is 35.8 Å². The number of allylic oxidation sites excluding steroid dienone is 1. The van der Waals surface area contributed by atoms with Crippen molar-refractivity contribution in [1.82, 2.24) is 9.88 Å². The predicted octanol–water partition coefficient (Wildman–Crippen LogP) is 1.65. The third kappa shape index (κ3) is 2.76. The number of amides is 1. The molecule has 2 heterocycles. The van der Waals surface area contributed by atoms with Gasteiger partial charge in [-0.2, -0.15) is 0 Å². The molecule has 1 aliphatic heterocycles. The van der Waals surface area contributed by atoms with E-state index < -0.39 is 0 Å². The summed E-state index contributed by atoms with van der Waals surface area (Å²) in [5.41, 5.74) is 9.54. The van der Waals surface area contributed by atoms with Crippen LogP contribution >= 0.6 is 0 Å². The second-order valence-electron chi connectivity index (χ2n) is 4.71. The Hall–Kier alpha value is -2.30. The minimum Gasteiger partial charge on any atom is -0.399 e. The van der Waals surface area contributed by atoms with E-state index in [2.05, 4.69) is 10.3 Å². The Morgan fingerprint density at radius 1 is 1.42 bits per heavy atom. The smallest absolute Gasteiger partial charge is 0.214 e. The molecule has 100 valence electrons. The summed E-state index contributed by atoms with van der Waals surface area (Å²) in [6, 6.07) is 3.81. The second kappa shape index (κ2) is 5.14. The van der Waals surface area contributed by atoms with Gasteiger partial charge in [0.05, 0.1) is 17.4 Å². The first-order chi connectivity index (χ1) is 9.01. The van der Waals surface area contributed by atoms with Crippen molar-refractivity contribution in [1.29, 1.82) is 0 Å². The van der Waals surface area contributed by atoms with Crippen LogP contribution in [0.2, 0.25) is 0 Å². The first-order valence-corrected chi connectivity index (χ1v) is 6.14. The minimum atomic E-state index is -0.157. The fraction of sp³-hybridized carbons (Fsp3) is 0.286. The van der Waals surface area contributed by atoms with Crippen LogP contribution < -0.4 is 11.1 Å². The van der Waals surface area contributed by atoms with E-state index in [0.29, 0.717) is 5.70 Å². The van der Waals surface area contributed by atoms with E-state index >= 15 is 0 Å². The molecular weight excluding hydrogens is 240 g/mol. The molecule has 5 heteroatoms. The normalized spacial score (nSPS) is 18.7. The summed E-state index contributed by atoms with van der Waals surface area (Å²) in [7, 11) is 0. The monoisotopic (exact) mass is 258 g/mol. The van der Waals surface area contributed by atoms with Crippen molar-refractivity contribution >= 4 is 12.2 Å². The molecule has 1 aromatic rings. The van der Waals surface area contributed by atoms with Crippen molar-refractivity contribution < 1.29 is 4.79 Å². The zero-order chi connectivity index (χ0) is 14.0. The van der Waals surface area contributed by atoms with Crippen molar-refractivity contribution in [2.75, 3.05) is 5.32 Å². The van der Waals surface area contributed by atoms with E-state index in [1.54, 1.807) is 12.3 Å². The maximum Gasteiger partial charge on any atom is 0.214 e. The summed E-state index contributed by atoms with van der Waals surface area (Å²) in [6.45, 7) is 5.85. The van der Waals surface area contributed by atoms with E-state index in [1.807, 2.05) is 32.9 Å². The van der Waals surface area contributed by atoms with Gasteiger partial charge in [0.2, 0.25) is 6.41 Å². The van der Waals surface area contributed by atoms with Gasteiger partial charge in [-0.3, -0.25) is 4.79 Å². The standard InChI is InChI=1S/C14H18N4O/c1-9-6-10(2)16-13(7-9)17-12-4-5-18(8-19)11(3)14(12)15/h4-8,11H,15H2,1-3H3,(H,16,17). The Labute approximate surface area is 112 Å². The molecular formula is C14H18N4O. The van der Waals surface area contributed by atoms with Gasteiger partial charge in [-0.15, -0.1) is 0 Å². The zero-order valence-corrected chi connectivity index (χ0v) is 11.3. The Morgan fingerprint density at radius 3 is 2.79 bits per heavy atom. The van der Waals surface area contributed by atoms with Gasteiger partial charge in [0.1, 0.15) is 5.82 Å². The maximum atomic E-state index is 10.8. The molecule has 0 saturated carbocycles. The topological polar surface area (TPSA) is 71.2 Å². The number of nitrogens with one attached hydrogen (secondary N) is 1. The molecule has 1 unspecified atom stereocenters. The SMILES string of the molecule is Cc1cc(C)nc(NC2=C(N)C(C)N(C=O)C=C2)c1. The lowest BCUT2D eigenvalue weighted by molar-refractivity contribution is -0.116. The Kier molecular flexibility index (Phi) is 3.55. The largest absolute Gasteiger partial charge is 0.399 e. The van der Waals surface area contributed by atoms with Crippen molar-refractivity contribution in [3.63, 3.8) is 0 Å². The van der Waals surface area contributed by atoms with Crippen molar-refractivity contribution in [2.45, 2.75) is 26.8 Å². The van der Waals surface area contributed by atoms with Crippen LogP contribution in [0, 0.1) is 13.8 Å². The third-order valence-electron chi connectivity index (χ3n) is 3.10. The van der Waals surface area contributed by atoms with E-state index in [4.69, 9.17) is 5.73 Å². The zero-order valence-electron chi connectivity index (χ0n) is 11.3. The number of carbonyl (C=O) groups is 1. The van der Waals surface area contributed by atoms with Crippen LogP contribution in [0.25, 0.3) is 0 Å². The lowest BCUT2D eigenvalue weighted by Crippen LogP contribution is -2.36. The van der Waals surface area contributed by atoms with Gasteiger partial charge in [0.15, 0.2) is 0 Å². The molecule has 0 radical (unpaired) electrons. The number of carbonyl (C=O) groups excluding carboxylic acids is 1. The lowest BCUT2D eigenvalue weighted by atomic mass is 10.1. The molecule has 0 saturated heterocycles. The van der Waals surface area contributed by atoms with Gasteiger partial charge in [0, 0.05) is 11.9 Å². The van der Waals surface area contributed by atoms with Crippen LogP contribution in [-0.2, 0) is 4.79 Å². The summed E-state index contributed by atoms with van der Waals surface area (Å²) >= 11 is 0. The second-order valence-corrected chi connectivity index (χ2v) is 4.71. The van der Waals surface area contributed by atoms with Gasteiger partial charge in [-0.1, -0.05) is 0 Å². The number of rotatable bonds is 3. The Morgan fingerprint density at radius 2 is 2.16 bits per heavy atom. The van der Waals surface area contributed by atoms with Crippen molar-refractivity contribution in [3.8, 4) is 0 Å². The predicted molar refractivity (Wildman–Crippen MR) is 75.1 cm³/mol. The van der Waals surface area contributed by atoms with Crippen LogP contribution in [-0.4, -0.2) is 22.3 Å². The fourth-order valence-corrected chi connectivity index (χ4v) is 2.06. The van der Waals surface area contributed by atoms with Crippen LogP contribution in [0.5, 0.6) is 0 Å². The van der Waals surface area contributed by atoms with E-state index in [0.717, 1.165) is 29.2 Å². The number of nitrogens with two attached hydrogens (primary N) is 1. The highest BCUT2D eigenvalue weighted by molar-refractivity contribution is 5.56. The molecule has 1 aliphatic rings. The van der Waals surface area contributed by atoms with E-state index in [1.165, 1.54) is 4.90 Å². The van der Waals surface area contributed by atoms with Gasteiger partial charge in [-0.05, 0) is 44.5 Å². The molecule has 5 nitrogen and oxygen atoms in total. The molecule has 0 fully saturated rings. The number of pyridine rings is 1. The average Bonchev–Trinajstić information content (AvgIpc) is 2.34. The summed E-state index contributed by atoms with van der Waals surface area (Å²) < 4.78 is 0. The van der Waals surface area contributed by atoms with Crippen LogP contribution in [0.3, 0.4) is 0 Å². The molecule has 1 atom stereocenters. The molecule has 2 rings (SSSR count). The maximum absolute atomic E-state index is 10.8. The summed E-state index contributed by atoms with van der Waals surface area (Å²) in [6.07, 6.45) is 4.25. The van der Waals surface area contributed by atoms with E-state index in [-0.39, 0.29) is 6.04 Å².